The molecule has 1 rings (SSSR count). The van der Waals surface area contributed by atoms with E-state index in [1.165, 1.54) is 0 Å². The van der Waals surface area contributed by atoms with Crippen LogP contribution in [0.4, 0.5) is 0 Å². The van der Waals surface area contributed by atoms with Gasteiger partial charge in [0, 0.05) is 24.7 Å². The number of nitrogens with zero attached hydrogens (tertiary/aromatic N) is 1. The van der Waals surface area contributed by atoms with Gasteiger partial charge in [0.05, 0.1) is 0 Å². The van der Waals surface area contributed by atoms with Crippen LogP contribution >= 0.6 is 11.6 Å². The minimum atomic E-state index is 0.699. The second kappa shape index (κ2) is 8.34. The van der Waals surface area contributed by atoms with Gasteiger partial charge in [-0.05, 0) is 37.9 Å². The Morgan fingerprint density at radius 1 is 1.24 bits per heavy atom. The lowest BCUT2D eigenvalue weighted by atomic mass is 10.3. The van der Waals surface area contributed by atoms with Gasteiger partial charge in [0.25, 0.3) is 0 Å². The minimum absolute atomic E-state index is 0.699. The van der Waals surface area contributed by atoms with Crippen LogP contribution in [0.1, 0.15) is 6.92 Å². The molecular formula is C13H21ClN2O. The van der Waals surface area contributed by atoms with Crippen LogP contribution in [0.25, 0.3) is 0 Å². The van der Waals surface area contributed by atoms with E-state index in [9.17, 15) is 0 Å². The van der Waals surface area contributed by atoms with Crippen molar-refractivity contribution in [2.45, 2.75) is 6.92 Å². The van der Waals surface area contributed by atoms with E-state index in [2.05, 4.69) is 24.2 Å². The van der Waals surface area contributed by atoms with Crippen LogP contribution in [0, 0.1) is 0 Å². The van der Waals surface area contributed by atoms with E-state index >= 15 is 0 Å². The van der Waals surface area contributed by atoms with Gasteiger partial charge in [-0.2, -0.15) is 0 Å². The van der Waals surface area contributed by atoms with Gasteiger partial charge < -0.3 is 15.0 Å². The Balaban J connectivity index is 2.12. The van der Waals surface area contributed by atoms with E-state index in [0.717, 1.165) is 37.0 Å². The molecule has 0 radical (unpaired) electrons. The van der Waals surface area contributed by atoms with Crippen molar-refractivity contribution in [3.05, 3.63) is 29.3 Å². The first-order valence-corrected chi connectivity index (χ1v) is 6.37. The Kier molecular flexibility index (Phi) is 7.01. The molecule has 1 aromatic rings. The van der Waals surface area contributed by atoms with Crippen molar-refractivity contribution in [1.82, 2.24) is 10.2 Å². The molecule has 0 aromatic heterocycles. The summed E-state index contributed by atoms with van der Waals surface area (Å²) >= 11 is 5.80. The van der Waals surface area contributed by atoms with E-state index in [4.69, 9.17) is 16.3 Å². The number of nitrogens with one attached hydrogen (secondary N) is 1. The van der Waals surface area contributed by atoms with Gasteiger partial charge in [-0.15, -0.1) is 0 Å². The summed E-state index contributed by atoms with van der Waals surface area (Å²) in [5.74, 6) is 0.870. The zero-order valence-corrected chi connectivity index (χ0v) is 11.3. The highest BCUT2D eigenvalue weighted by atomic mass is 35.5. The summed E-state index contributed by atoms with van der Waals surface area (Å²) < 4.78 is 5.62. The number of rotatable bonds is 8. The number of benzene rings is 1. The highest BCUT2D eigenvalue weighted by molar-refractivity contribution is 6.30. The number of hydrogen-bond acceptors (Lipinski definition) is 3. The van der Waals surface area contributed by atoms with Crippen molar-refractivity contribution in [2.75, 3.05) is 39.8 Å². The summed E-state index contributed by atoms with van der Waals surface area (Å²) in [4.78, 5) is 2.25. The van der Waals surface area contributed by atoms with Crippen LogP contribution in [-0.4, -0.2) is 44.7 Å². The predicted octanol–water partition coefficient (Wildman–Crippen LogP) is 2.26. The molecule has 0 spiro atoms. The Morgan fingerprint density at radius 2 is 1.94 bits per heavy atom. The normalized spacial score (nSPS) is 10.8. The van der Waals surface area contributed by atoms with Gasteiger partial charge in [0.2, 0.25) is 0 Å². The lowest BCUT2D eigenvalue weighted by Crippen LogP contribution is -2.31. The monoisotopic (exact) mass is 256 g/mol. The zero-order chi connectivity index (χ0) is 12.5. The topological polar surface area (TPSA) is 24.5 Å². The molecule has 0 aliphatic rings. The van der Waals surface area contributed by atoms with E-state index in [1.54, 1.807) is 0 Å². The van der Waals surface area contributed by atoms with Gasteiger partial charge in [-0.3, -0.25) is 0 Å². The summed E-state index contributed by atoms with van der Waals surface area (Å²) in [5.41, 5.74) is 0. The molecule has 96 valence electrons. The smallest absolute Gasteiger partial charge is 0.119 e. The number of halogens is 1. The first-order valence-electron chi connectivity index (χ1n) is 6.00. The highest BCUT2D eigenvalue weighted by Gasteiger charge is 1.98. The van der Waals surface area contributed by atoms with Gasteiger partial charge >= 0.3 is 0 Å². The Bertz CT molecular complexity index is 303. The first-order chi connectivity index (χ1) is 8.22. The van der Waals surface area contributed by atoms with Crippen molar-refractivity contribution in [1.29, 1.82) is 0 Å². The third kappa shape index (κ3) is 6.51. The fourth-order valence-electron chi connectivity index (χ4n) is 1.41. The Morgan fingerprint density at radius 3 is 2.59 bits per heavy atom. The molecule has 0 saturated carbocycles. The Labute approximate surface area is 109 Å². The van der Waals surface area contributed by atoms with E-state index in [-0.39, 0.29) is 0 Å². The average Bonchev–Trinajstić information content (AvgIpc) is 2.32. The van der Waals surface area contributed by atoms with Crippen molar-refractivity contribution >= 4 is 11.6 Å². The molecule has 0 unspecified atom stereocenters. The molecule has 0 fully saturated rings. The molecule has 3 nitrogen and oxygen atoms in total. The maximum Gasteiger partial charge on any atom is 0.119 e. The second-order valence-electron chi connectivity index (χ2n) is 3.96. The molecule has 0 atom stereocenters. The van der Waals surface area contributed by atoms with Crippen LogP contribution in [-0.2, 0) is 0 Å². The highest BCUT2D eigenvalue weighted by Crippen LogP contribution is 2.15. The molecule has 4 heteroatoms. The maximum absolute atomic E-state index is 5.80. The molecular weight excluding hydrogens is 236 g/mol. The van der Waals surface area contributed by atoms with E-state index in [0.29, 0.717) is 6.61 Å². The predicted molar refractivity (Wildman–Crippen MR) is 73.0 cm³/mol. The number of likely N-dealkylation sites (N-methyl/N-ethyl adjacent to an activating group) is 2. The van der Waals surface area contributed by atoms with Crippen LogP contribution in [0.15, 0.2) is 24.3 Å². The van der Waals surface area contributed by atoms with E-state index in [1.807, 2.05) is 24.3 Å². The molecule has 0 bridgehead atoms. The summed E-state index contributed by atoms with van der Waals surface area (Å²) in [6.45, 7) is 6.82. The summed E-state index contributed by atoms with van der Waals surface area (Å²) in [6.07, 6.45) is 0. The maximum atomic E-state index is 5.80. The van der Waals surface area contributed by atoms with Crippen molar-refractivity contribution in [3.63, 3.8) is 0 Å². The zero-order valence-electron chi connectivity index (χ0n) is 10.6. The van der Waals surface area contributed by atoms with Gasteiger partial charge in [-0.25, -0.2) is 0 Å². The van der Waals surface area contributed by atoms with Crippen LogP contribution in [0.3, 0.4) is 0 Å². The largest absolute Gasteiger partial charge is 0.492 e. The average molecular weight is 257 g/mol. The standard InChI is InChI=1S/C13H21ClN2O/c1-3-15-8-9-16(2)10-11-17-13-6-4-12(14)5-7-13/h4-7,15H,3,8-11H2,1-2H3. The van der Waals surface area contributed by atoms with Crippen LogP contribution in [0.2, 0.25) is 5.02 Å². The molecule has 0 saturated heterocycles. The summed E-state index contributed by atoms with van der Waals surface area (Å²) in [6, 6.07) is 7.46. The minimum Gasteiger partial charge on any atom is -0.492 e. The quantitative estimate of drug-likeness (QED) is 0.722. The third-order valence-corrected chi connectivity index (χ3v) is 2.73. The SMILES string of the molecule is CCNCCN(C)CCOc1ccc(Cl)cc1. The number of ether oxygens (including phenoxy) is 1. The van der Waals surface area contributed by atoms with Crippen molar-refractivity contribution in [2.24, 2.45) is 0 Å². The van der Waals surface area contributed by atoms with Gasteiger partial charge in [0.1, 0.15) is 12.4 Å². The molecule has 0 heterocycles. The number of hydrogen-bond donors (Lipinski definition) is 1. The Hall–Kier alpha value is -0.770. The lowest BCUT2D eigenvalue weighted by molar-refractivity contribution is 0.238. The van der Waals surface area contributed by atoms with Gasteiger partial charge in [0.15, 0.2) is 0 Å². The molecule has 1 aromatic carbocycles. The molecule has 0 amide bonds. The fourth-order valence-corrected chi connectivity index (χ4v) is 1.53. The second-order valence-corrected chi connectivity index (χ2v) is 4.40. The molecule has 0 aliphatic carbocycles. The summed E-state index contributed by atoms with van der Waals surface area (Å²) in [7, 11) is 2.10. The fraction of sp³-hybridized carbons (Fsp3) is 0.538. The first kappa shape index (κ1) is 14.3. The summed E-state index contributed by atoms with van der Waals surface area (Å²) in [5, 5.41) is 4.03. The van der Waals surface area contributed by atoms with Crippen LogP contribution < -0.4 is 10.1 Å². The van der Waals surface area contributed by atoms with Crippen molar-refractivity contribution < 1.29 is 4.74 Å². The van der Waals surface area contributed by atoms with Crippen molar-refractivity contribution in [3.8, 4) is 5.75 Å². The molecule has 0 aliphatic heterocycles. The lowest BCUT2D eigenvalue weighted by Gasteiger charge is -2.16. The van der Waals surface area contributed by atoms with Crippen LogP contribution in [0.5, 0.6) is 5.75 Å². The molecule has 17 heavy (non-hydrogen) atoms. The molecule has 1 N–H and O–H groups in total. The van der Waals surface area contributed by atoms with Gasteiger partial charge in [-0.1, -0.05) is 18.5 Å². The third-order valence-electron chi connectivity index (χ3n) is 2.48. The van der Waals surface area contributed by atoms with E-state index < -0.39 is 0 Å².